The summed E-state index contributed by atoms with van der Waals surface area (Å²) in [6, 6.07) is 21.9. The maximum absolute atomic E-state index is 13.3. The molecule has 4 rings (SSSR count). The van der Waals surface area contributed by atoms with Gasteiger partial charge < -0.3 is 9.32 Å². The lowest BCUT2D eigenvalue weighted by molar-refractivity contribution is -0.130. The van der Waals surface area contributed by atoms with Crippen LogP contribution in [0.15, 0.2) is 82.6 Å². The van der Waals surface area contributed by atoms with Crippen LogP contribution in [0.1, 0.15) is 25.2 Å². The minimum absolute atomic E-state index is 0.0741. The van der Waals surface area contributed by atoms with E-state index in [1.165, 1.54) is 11.8 Å². The number of nitrogens with zero attached hydrogens (tertiary/aromatic N) is 4. The highest BCUT2D eigenvalue weighted by Gasteiger charge is 2.25. The van der Waals surface area contributed by atoms with Crippen LogP contribution in [0.3, 0.4) is 0 Å². The first-order chi connectivity index (χ1) is 15.6. The third kappa shape index (κ3) is 4.62. The van der Waals surface area contributed by atoms with Gasteiger partial charge in [0.1, 0.15) is 5.76 Å². The predicted octanol–water partition coefficient (Wildman–Crippen LogP) is 5.37. The van der Waals surface area contributed by atoms with E-state index in [1.807, 2.05) is 97.0 Å². The largest absolute Gasteiger partial charge is 0.469 e. The van der Waals surface area contributed by atoms with Gasteiger partial charge in [0.05, 0.1) is 17.1 Å². The number of aryl methyl sites for hydroxylation is 1. The van der Waals surface area contributed by atoms with E-state index >= 15 is 0 Å². The van der Waals surface area contributed by atoms with E-state index in [2.05, 4.69) is 10.2 Å². The van der Waals surface area contributed by atoms with Crippen LogP contribution in [0, 0.1) is 6.92 Å². The van der Waals surface area contributed by atoms with Gasteiger partial charge in [0.25, 0.3) is 0 Å². The lowest BCUT2D eigenvalue weighted by Crippen LogP contribution is -2.36. The fraction of sp³-hybridized carbons (Fsp3) is 0.240. The van der Waals surface area contributed by atoms with Crippen molar-refractivity contribution in [2.24, 2.45) is 0 Å². The normalized spacial score (nSPS) is 12.0. The van der Waals surface area contributed by atoms with Gasteiger partial charge >= 0.3 is 0 Å². The van der Waals surface area contributed by atoms with Crippen molar-refractivity contribution in [1.82, 2.24) is 19.7 Å². The van der Waals surface area contributed by atoms with Crippen molar-refractivity contribution in [2.45, 2.75) is 37.7 Å². The van der Waals surface area contributed by atoms with Crippen molar-refractivity contribution >= 4 is 17.7 Å². The molecule has 0 aliphatic heterocycles. The number of rotatable bonds is 8. The van der Waals surface area contributed by atoms with Crippen molar-refractivity contribution in [3.05, 3.63) is 84.3 Å². The van der Waals surface area contributed by atoms with E-state index in [0.717, 1.165) is 22.6 Å². The summed E-state index contributed by atoms with van der Waals surface area (Å²) in [7, 11) is 0. The first-order valence-electron chi connectivity index (χ1n) is 10.6. The standard InChI is InChI=1S/C25H26N4O2S/c1-4-28(17-20-11-7-5-8-12-20)24(30)19(3)32-25-27-26-23(22-15-16-31-18(22)2)29(25)21-13-9-6-10-14-21/h5-16,19H,4,17H2,1-3H3. The Bertz CT molecular complexity index is 1170. The van der Waals surface area contributed by atoms with Crippen LogP contribution in [-0.4, -0.2) is 37.4 Å². The molecule has 1 atom stereocenters. The number of hydrogen-bond donors (Lipinski definition) is 0. The van der Waals surface area contributed by atoms with Gasteiger partial charge in [-0.2, -0.15) is 0 Å². The Morgan fingerprint density at radius 3 is 2.38 bits per heavy atom. The summed E-state index contributed by atoms with van der Waals surface area (Å²) >= 11 is 1.42. The summed E-state index contributed by atoms with van der Waals surface area (Å²) in [6.45, 7) is 7.06. The van der Waals surface area contributed by atoms with Crippen LogP contribution in [0.4, 0.5) is 0 Å². The average molecular weight is 447 g/mol. The number of para-hydroxylation sites is 1. The SMILES string of the molecule is CCN(Cc1ccccc1)C(=O)C(C)Sc1nnc(-c2ccoc2C)n1-c1ccccc1. The summed E-state index contributed by atoms with van der Waals surface area (Å²) in [6.07, 6.45) is 1.65. The minimum Gasteiger partial charge on any atom is -0.469 e. The van der Waals surface area contributed by atoms with Gasteiger partial charge in [0.2, 0.25) is 5.91 Å². The van der Waals surface area contributed by atoms with Crippen molar-refractivity contribution in [3.63, 3.8) is 0 Å². The van der Waals surface area contributed by atoms with Crippen molar-refractivity contribution in [1.29, 1.82) is 0 Å². The predicted molar refractivity (Wildman–Crippen MR) is 127 cm³/mol. The second-order valence-corrected chi connectivity index (χ2v) is 8.77. The van der Waals surface area contributed by atoms with E-state index in [1.54, 1.807) is 6.26 Å². The summed E-state index contributed by atoms with van der Waals surface area (Å²) in [5.41, 5.74) is 2.93. The fourth-order valence-corrected chi connectivity index (χ4v) is 4.51. The van der Waals surface area contributed by atoms with E-state index < -0.39 is 0 Å². The second-order valence-electron chi connectivity index (χ2n) is 7.47. The number of benzene rings is 2. The van der Waals surface area contributed by atoms with Crippen LogP contribution in [0.5, 0.6) is 0 Å². The van der Waals surface area contributed by atoms with Gasteiger partial charge in [-0.3, -0.25) is 9.36 Å². The zero-order valence-electron chi connectivity index (χ0n) is 18.4. The molecule has 2 heterocycles. The molecular weight excluding hydrogens is 420 g/mol. The van der Waals surface area contributed by atoms with Gasteiger partial charge in [-0.05, 0) is 44.5 Å². The molecular formula is C25H26N4O2S. The molecule has 1 amide bonds. The topological polar surface area (TPSA) is 64.2 Å². The van der Waals surface area contributed by atoms with Gasteiger partial charge in [-0.25, -0.2) is 0 Å². The molecule has 0 aliphatic carbocycles. The molecule has 0 bridgehead atoms. The maximum Gasteiger partial charge on any atom is 0.236 e. The maximum atomic E-state index is 13.3. The lowest BCUT2D eigenvalue weighted by Gasteiger charge is -2.24. The molecule has 0 saturated heterocycles. The van der Waals surface area contributed by atoms with Crippen molar-refractivity contribution < 1.29 is 9.21 Å². The highest BCUT2D eigenvalue weighted by Crippen LogP contribution is 2.32. The molecule has 4 aromatic rings. The summed E-state index contributed by atoms with van der Waals surface area (Å²) < 4.78 is 7.48. The highest BCUT2D eigenvalue weighted by molar-refractivity contribution is 8.00. The van der Waals surface area contributed by atoms with E-state index in [9.17, 15) is 4.79 Å². The molecule has 32 heavy (non-hydrogen) atoms. The van der Waals surface area contributed by atoms with Gasteiger partial charge in [-0.1, -0.05) is 60.3 Å². The molecule has 0 N–H and O–H groups in total. The Morgan fingerprint density at radius 2 is 1.75 bits per heavy atom. The van der Waals surface area contributed by atoms with Crippen LogP contribution < -0.4 is 0 Å². The van der Waals surface area contributed by atoms with Crippen molar-refractivity contribution in [2.75, 3.05) is 6.54 Å². The molecule has 0 spiro atoms. The molecule has 7 heteroatoms. The van der Waals surface area contributed by atoms with Gasteiger partial charge in [0.15, 0.2) is 11.0 Å². The Balaban J connectivity index is 1.61. The Hall–Kier alpha value is -3.32. The van der Waals surface area contributed by atoms with Crippen LogP contribution in [0.2, 0.25) is 0 Å². The fourth-order valence-electron chi connectivity index (χ4n) is 3.56. The number of furan rings is 1. The Labute approximate surface area is 192 Å². The van der Waals surface area contributed by atoms with Crippen LogP contribution in [-0.2, 0) is 11.3 Å². The monoisotopic (exact) mass is 446 g/mol. The van der Waals surface area contributed by atoms with Crippen molar-refractivity contribution in [3.8, 4) is 17.1 Å². The number of carbonyl (C=O) groups excluding carboxylic acids is 1. The zero-order chi connectivity index (χ0) is 22.5. The third-order valence-corrected chi connectivity index (χ3v) is 6.32. The first kappa shape index (κ1) is 21.9. The van der Waals surface area contributed by atoms with Crippen LogP contribution in [0.25, 0.3) is 17.1 Å². The molecule has 0 aliphatic rings. The van der Waals surface area contributed by atoms with E-state index in [-0.39, 0.29) is 11.2 Å². The van der Waals surface area contributed by atoms with E-state index in [0.29, 0.717) is 24.1 Å². The number of hydrogen-bond acceptors (Lipinski definition) is 5. The lowest BCUT2D eigenvalue weighted by atomic mass is 10.2. The number of aromatic nitrogens is 3. The molecule has 6 nitrogen and oxygen atoms in total. The van der Waals surface area contributed by atoms with Crippen LogP contribution >= 0.6 is 11.8 Å². The first-order valence-corrected chi connectivity index (χ1v) is 11.5. The van der Waals surface area contributed by atoms with E-state index in [4.69, 9.17) is 4.42 Å². The minimum atomic E-state index is -0.316. The quantitative estimate of drug-likeness (QED) is 0.341. The molecule has 2 aromatic carbocycles. The second kappa shape index (κ2) is 9.87. The Kier molecular flexibility index (Phi) is 6.75. The summed E-state index contributed by atoms with van der Waals surface area (Å²) in [5.74, 6) is 1.54. The zero-order valence-corrected chi connectivity index (χ0v) is 19.2. The highest BCUT2D eigenvalue weighted by atomic mass is 32.2. The third-order valence-electron chi connectivity index (χ3n) is 5.29. The van der Waals surface area contributed by atoms with Gasteiger partial charge in [-0.15, -0.1) is 10.2 Å². The molecule has 0 radical (unpaired) electrons. The molecule has 0 fully saturated rings. The molecule has 1 unspecified atom stereocenters. The molecule has 2 aromatic heterocycles. The molecule has 164 valence electrons. The number of thioether (sulfide) groups is 1. The molecule has 0 saturated carbocycles. The average Bonchev–Trinajstić information content (AvgIpc) is 3.43. The summed E-state index contributed by atoms with van der Waals surface area (Å²) in [4.78, 5) is 15.1. The smallest absolute Gasteiger partial charge is 0.236 e. The van der Waals surface area contributed by atoms with Gasteiger partial charge in [0, 0.05) is 18.8 Å². The number of carbonyl (C=O) groups is 1. The Morgan fingerprint density at radius 1 is 1.06 bits per heavy atom. The number of amides is 1. The summed E-state index contributed by atoms with van der Waals surface area (Å²) in [5, 5.41) is 9.25.